The van der Waals surface area contributed by atoms with E-state index in [1.54, 1.807) is 0 Å². The van der Waals surface area contributed by atoms with Crippen molar-refractivity contribution in [1.29, 1.82) is 0 Å². The van der Waals surface area contributed by atoms with Gasteiger partial charge >= 0.3 is 12.1 Å². The largest absolute Gasteiger partial charge is 0.481 e. The highest BCUT2D eigenvalue weighted by Gasteiger charge is 2.35. The summed E-state index contributed by atoms with van der Waals surface area (Å²) in [6.45, 7) is 0. The van der Waals surface area contributed by atoms with Crippen LogP contribution in [0.15, 0.2) is 22.3 Å². The predicted octanol–water partition coefficient (Wildman–Crippen LogP) is 2.89. The van der Waals surface area contributed by atoms with Gasteiger partial charge in [0.2, 0.25) is 5.91 Å². The van der Waals surface area contributed by atoms with Crippen LogP contribution < -0.4 is 5.32 Å². The molecule has 0 spiro atoms. The molecule has 1 aromatic carbocycles. The van der Waals surface area contributed by atoms with Crippen LogP contribution in [-0.2, 0) is 15.8 Å². The first-order chi connectivity index (χ1) is 11.6. The van der Waals surface area contributed by atoms with E-state index in [0.29, 0.717) is 12.3 Å². The molecule has 1 aliphatic rings. The predicted molar refractivity (Wildman–Crippen MR) is 83.2 cm³/mol. The van der Waals surface area contributed by atoms with Gasteiger partial charge < -0.3 is 10.4 Å². The second-order valence-electron chi connectivity index (χ2n) is 4.66. The molecule has 25 heavy (non-hydrogen) atoms. The van der Waals surface area contributed by atoms with E-state index in [2.05, 4.69) is 15.5 Å². The van der Waals surface area contributed by atoms with Gasteiger partial charge in [-0.25, -0.2) is 4.39 Å². The number of aliphatic carboxylic acids is 1. The Balaban J connectivity index is 2.25. The molecule has 2 rings (SSSR count). The minimum atomic E-state index is -4.83. The van der Waals surface area contributed by atoms with Gasteiger partial charge in [-0.3, -0.25) is 9.59 Å². The van der Waals surface area contributed by atoms with Gasteiger partial charge in [0.1, 0.15) is 5.25 Å². The van der Waals surface area contributed by atoms with Gasteiger partial charge in [-0.2, -0.15) is 18.3 Å². The van der Waals surface area contributed by atoms with Crippen molar-refractivity contribution < 1.29 is 32.3 Å². The minimum Gasteiger partial charge on any atom is -0.481 e. The second-order valence-corrected chi connectivity index (χ2v) is 6.26. The van der Waals surface area contributed by atoms with E-state index in [1.165, 1.54) is 0 Å². The Bertz CT molecular complexity index is 783. The highest BCUT2D eigenvalue weighted by atomic mass is 35.5. The lowest BCUT2D eigenvalue weighted by atomic mass is 10.1. The van der Waals surface area contributed by atoms with Crippen molar-refractivity contribution in [1.82, 2.24) is 5.32 Å². The maximum Gasteiger partial charge on any atom is 0.417 e. The van der Waals surface area contributed by atoms with Crippen LogP contribution in [0.25, 0.3) is 0 Å². The smallest absolute Gasteiger partial charge is 0.417 e. The molecule has 0 bridgehead atoms. The first-order valence-electron chi connectivity index (χ1n) is 6.45. The molecule has 1 heterocycles. The summed E-state index contributed by atoms with van der Waals surface area (Å²) in [5.41, 5.74) is -2.19. The van der Waals surface area contributed by atoms with Gasteiger partial charge in [-0.15, -0.1) is 5.10 Å². The standard InChI is InChI=1S/C13H8ClF4N3O3S/c14-7-2-1-6(13(16,17)18)5(10(7)15)4-19-21-12-20-11(24)8(25-12)3-9(22)23/h1-2,4,8H,3H2,(H,22,23)(H,20,21,24). The normalized spacial score (nSPS) is 19.6. The Morgan fingerprint density at radius 3 is 2.72 bits per heavy atom. The number of carboxylic acids is 1. The zero-order valence-corrected chi connectivity index (χ0v) is 13.5. The van der Waals surface area contributed by atoms with E-state index in [9.17, 15) is 27.2 Å². The van der Waals surface area contributed by atoms with Gasteiger partial charge in [0.05, 0.1) is 23.2 Å². The first kappa shape index (κ1) is 19.2. The summed E-state index contributed by atoms with van der Waals surface area (Å²) >= 11 is 6.22. The fraction of sp³-hybridized carbons (Fsp3) is 0.231. The number of alkyl halides is 3. The SMILES string of the molecule is O=C(O)CC1SC(=NN=Cc2c(C(F)(F)F)ccc(Cl)c2F)NC1=O. The molecule has 0 radical (unpaired) electrons. The summed E-state index contributed by atoms with van der Waals surface area (Å²) in [6.07, 6.45) is -4.77. The number of carbonyl (C=O) groups is 2. The highest BCUT2D eigenvalue weighted by molar-refractivity contribution is 8.15. The van der Waals surface area contributed by atoms with Crippen LogP contribution in [0.5, 0.6) is 0 Å². The number of rotatable bonds is 4. The summed E-state index contributed by atoms with van der Waals surface area (Å²) in [7, 11) is 0. The van der Waals surface area contributed by atoms with Crippen molar-refractivity contribution in [3.05, 3.63) is 34.1 Å². The van der Waals surface area contributed by atoms with E-state index in [-0.39, 0.29) is 5.17 Å². The quantitative estimate of drug-likeness (QED) is 0.464. The summed E-state index contributed by atoms with van der Waals surface area (Å²) in [5, 5.41) is 16.1. The fourth-order valence-corrected chi connectivity index (χ4v) is 2.90. The molecule has 0 saturated carbocycles. The molecule has 6 nitrogen and oxygen atoms in total. The van der Waals surface area contributed by atoms with E-state index >= 15 is 0 Å². The van der Waals surface area contributed by atoms with Gasteiger partial charge in [0.25, 0.3) is 0 Å². The molecule has 134 valence electrons. The molecule has 0 aliphatic carbocycles. The van der Waals surface area contributed by atoms with Crippen molar-refractivity contribution in [2.24, 2.45) is 10.2 Å². The number of carboxylic acid groups (broad SMARTS) is 1. The second kappa shape index (κ2) is 7.40. The van der Waals surface area contributed by atoms with Crippen molar-refractivity contribution >= 4 is 46.6 Å². The van der Waals surface area contributed by atoms with Crippen LogP contribution in [0.1, 0.15) is 17.5 Å². The van der Waals surface area contributed by atoms with Crippen molar-refractivity contribution in [3.63, 3.8) is 0 Å². The minimum absolute atomic E-state index is 0.108. The number of carbonyl (C=O) groups excluding carboxylic acids is 1. The molecule has 1 aromatic rings. The van der Waals surface area contributed by atoms with Gasteiger partial charge in [0, 0.05) is 5.56 Å². The first-order valence-corrected chi connectivity index (χ1v) is 7.71. The van der Waals surface area contributed by atoms with E-state index in [4.69, 9.17) is 16.7 Å². The van der Waals surface area contributed by atoms with Crippen molar-refractivity contribution in [2.75, 3.05) is 0 Å². The van der Waals surface area contributed by atoms with E-state index in [1.807, 2.05) is 0 Å². The molecule has 1 fully saturated rings. The van der Waals surface area contributed by atoms with Crippen LogP contribution in [0, 0.1) is 5.82 Å². The molecule has 0 aromatic heterocycles. The van der Waals surface area contributed by atoms with Gasteiger partial charge in [0.15, 0.2) is 11.0 Å². The lowest BCUT2D eigenvalue weighted by molar-refractivity contribution is -0.138. The number of thioether (sulfide) groups is 1. The molecule has 1 atom stereocenters. The maximum absolute atomic E-state index is 13.8. The molecular formula is C13H8ClF4N3O3S. The number of hydrogen-bond acceptors (Lipinski definition) is 5. The monoisotopic (exact) mass is 397 g/mol. The molecule has 1 unspecified atom stereocenters. The lowest BCUT2D eigenvalue weighted by Crippen LogP contribution is -2.26. The molecule has 12 heteroatoms. The van der Waals surface area contributed by atoms with Gasteiger partial charge in [-0.05, 0) is 12.1 Å². The van der Waals surface area contributed by atoms with Crippen LogP contribution in [0.4, 0.5) is 17.6 Å². The van der Waals surface area contributed by atoms with Gasteiger partial charge in [-0.1, -0.05) is 23.4 Å². The number of nitrogens with zero attached hydrogens (tertiary/aromatic N) is 2. The third kappa shape index (κ3) is 4.69. The fourth-order valence-electron chi connectivity index (χ4n) is 1.82. The Labute approximate surface area is 146 Å². The molecule has 1 saturated heterocycles. The number of amides is 1. The number of nitrogens with one attached hydrogen (secondary N) is 1. The number of halogens is 5. The van der Waals surface area contributed by atoms with Crippen LogP contribution in [-0.4, -0.2) is 33.6 Å². The van der Waals surface area contributed by atoms with Crippen LogP contribution >= 0.6 is 23.4 Å². The summed E-state index contributed by atoms with van der Waals surface area (Å²) in [4.78, 5) is 22.1. The molecular weight excluding hydrogens is 390 g/mol. The Kier molecular flexibility index (Phi) is 5.68. The Morgan fingerprint density at radius 1 is 1.44 bits per heavy atom. The number of benzene rings is 1. The summed E-state index contributed by atoms with van der Waals surface area (Å²) in [5.74, 6) is -3.13. The molecule has 2 N–H and O–H groups in total. The average molecular weight is 398 g/mol. The third-order valence-electron chi connectivity index (χ3n) is 2.91. The average Bonchev–Trinajstić information content (AvgIpc) is 2.81. The Morgan fingerprint density at radius 2 is 2.12 bits per heavy atom. The van der Waals surface area contributed by atoms with Crippen molar-refractivity contribution in [3.8, 4) is 0 Å². The molecule has 1 amide bonds. The van der Waals surface area contributed by atoms with E-state index in [0.717, 1.165) is 17.8 Å². The third-order valence-corrected chi connectivity index (χ3v) is 4.27. The highest BCUT2D eigenvalue weighted by Crippen LogP contribution is 2.34. The zero-order chi connectivity index (χ0) is 18.8. The van der Waals surface area contributed by atoms with Crippen LogP contribution in [0.2, 0.25) is 5.02 Å². The number of hydrogen-bond donors (Lipinski definition) is 2. The van der Waals surface area contributed by atoms with E-state index < -0.39 is 51.7 Å². The topological polar surface area (TPSA) is 91.1 Å². The van der Waals surface area contributed by atoms with Crippen LogP contribution in [0.3, 0.4) is 0 Å². The zero-order valence-electron chi connectivity index (χ0n) is 12.0. The summed E-state index contributed by atoms with van der Waals surface area (Å²) in [6, 6.07) is 1.38. The maximum atomic E-state index is 13.8. The number of amidine groups is 1. The summed E-state index contributed by atoms with van der Waals surface area (Å²) < 4.78 is 52.5. The molecule has 1 aliphatic heterocycles. The lowest BCUT2D eigenvalue weighted by Gasteiger charge is -2.11. The Hall–Kier alpha value is -2.14. The van der Waals surface area contributed by atoms with Crippen molar-refractivity contribution in [2.45, 2.75) is 17.8 Å².